The number of halogens is 1. The molecule has 3 nitrogen and oxygen atoms in total. The highest BCUT2D eigenvalue weighted by Crippen LogP contribution is 2.16. The van der Waals surface area contributed by atoms with E-state index in [0.717, 1.165) is 19.5 Å². The van der Waals surface area contributed by atoms with Gasteiger partial charge in [-0.1, -0.05) is 6.92 Å². The van der Waals surface area contributed by atoms with E-state index in [0.29, 0.717) is 18.3 Å². The van der Waals surface area contributed by atoms with Crippen LogP contribution in [0.25, 0.3) is 0 Å². The van der Waals surface area contributed by atoms with Crippen LogP contribution in [0.15, 0.2) is 0 Å². The Morgan fingerprint density at radius 2 is 2.36 bits per heavy atom. The molecule has 1 unspecified atom stereocenters. The predicted molar refractivity (Wildman–Crippen MR) is 58.7 cm³/mol. The molecule has 0 saturated carbocycles. The first-order valence-electron chi connectivity index (χ1n) is 5.21. The maximum atomic E-state index is 11.8. The lowest BCUT2D eigenvalue weighted by atomic mass is 10.0. The van der Waals surface area contributed by atoms with Crippen molar-refractivity contribution in [2.45, 2.75) is 19.8 Å². The molecule has 1 aliphatic heterocycles. The Hall–Kier alpha value is -0.440. The molecule has 0 aromatic heterocycles. The number of rotatable bonds is 2. The van der Waals surface area contributed by atoms with Crippen molar-refractivity contribution in [1.82, 2.24) is 9.80 Å². The molecule has 0 bridgehead atoms. The van der Waals surface area contributed by atoms with Gasteiger partial charge >= 0.3 is 6.03 Å². The van der Waals surface area contributed by atoms with E-state index in [1.165, 1.54) is 6.42 Å². The Kier molecular flexibility index (Phi) is 4.52. The van der Waals surface area contributed by atoms with Crippen LogP contribution in [0, 0.1) is 5.92 Å². The van der Waals surface area contributed by atoms with E-state index in [1.54, 1.807) is 4.90 Å². The molecule has 1 aliphatic rings. The Labute approximate surface area is 91.0 Å². The largest absolute Gasteiger partial charge is 0.327 e. The highest BCUT2D eigenvalue weighted by atomic mass is 35.5. The summed E-state index contributed by atoms with van der Waals surface area (Å²) in [5.74, 6) is 1.14. The molecule has 1 fully saturated rings. The number of piperidine rings is 1. The summed E-state index contributed by atoms with van der Waals surface area (Å²) in [4.78, 5) is 15.5. The minimum atomic E-state index is 0.122. The number of hydrogen-bond acceptors (Lipinski definition) is 1. The zero-order valence-corrected chi connectivity index (χ0v) is 9.76. The molecule has 0 spiro atoms. The summed E-state index contributed by atoms with van der Waals surface area (Å²) in [5.41, 5.74) is 0. The van der Waals surface area contributed by atoms with Gasteiger partial charge in [0.05, 0.1) is 0 Å². The van der Waals surface area contributed by atoms with Crippen LogP contribution >= 0.6 is 11.6 Å². The molecule has 1 atom stereocenters. The van der Waals surface area contributed by atoms with Crippen molar-refractivity contribution in [2.75, 3.05) is 32.6 Å². The second-order valence-electron chi connectivity index (χ2n) is 4.09. The molecule has 4 heteroatoms. The fourth-order valence-corrected chi connectivity index (χ4v) is 2.08. The number of nitrogens with zero attached hydrogens (tertiary/aromatic N) is 2. The lowest BCUT2D eigenvalue weighted by molar-refractivity contribution is 0.141. The molecular formula is C10H19ClN2O. The fraction of sp³-hybridized carbons (Fsp3) is 0.900. The van der Waals surface area contributed by atoms with E-state index in [-0.39, 0.29) is 6.03 Å². The number of alkyl halides is 1. The van der Waals surface area contributed by atoms with Crippen molar-refractivity contribution in [2.24, 2.45) is 5.92 Å². The fourth-order valence-electron chi connectivity index (χ4n) is 1.83. The Morgan fingerprint density at radius 3 is 2.93 bits per heavy atom. The summed E-state index contributed by atoms with van der Waals surface area (Å²) < 4.78 is 0. The molecule has 1 heterocycles. The van der Waals surface area contributed by atoms with Crippen molar-refractivity contribution < 1.29 is 4.79 Å². The summed E-state index contributed by atoms with van der Waals surface area (Å²) in [5, 5.41) is 0. The van der Waals surface area contributed by atoms with Crippen molar-refractivity contribution in [3.63, 3.8) is 0 Å². The van der Waals surface area contributed by atoms with Crippen molar-refractivity contribution in [1.29, 1.82) is 0 Å². The molecule has 0 aromatic carbocycles. The van der Waals surface area contributed by atoms with Gasteiger partial charge in [-0.05, 0) is 18.8 Å². The number of urea groups is 1. The maximum Gasteiger partial charge on any atom is 0.319 e. The van der Waals surface area contributed by atoms with Crippen LogP contribution < -0.4 is 0 Å². The third kappa shape index (κ3) is 3.05. The molecule has 14 heavy (non-hydrogen) atoms. The minimum Gasteiger partial charge on any atom is -0.327 e. The van der Waals surface area contributed by atoms with Crippen LogP contribution in [0.3, 0.4) is 0 Å². The van der Waals surface area contributed by atoms with Gasteiger partial charge < -0.3 is 9.80 Å². The van der Waals surface area contributed by atoms with E-state index in [1.807, 2.05) is 11.9 Å². The summed E-state index contributed by atoms with van der Waals surface area (Å²) in [7, 11) is 1.81. The van der Waals surface area contributed by atoms with Crippen molar-refractivity contribution in [3.05, 3.63) is 0 Å². The molecule has 1 rings (SSSR count). The van der Waals surface area contributed by atoms with E-state index >= 15 is 0 Å². The van der Waals surface area contributed by atoms with Gasteiger partial charge in [-0.15, -0.1) is 11.6 Å². The SMILES string of the molecule is CC1CCCN(C(=O)N(C)CCCl)C1. The second-order valence-corrected chi connectivity index (χ2v) is 4.46. The first kappa shape index (κ1) is 11.6. The first-order chi connectivity index (χ1) is 6.65. The van der Waals surface area contributed by atoms with Gasteiger partial charge in [-0.2, -0.15) is 0 Å². The highest BCUT2D eigenvalue weighted by molar-refractivity contribution is 6.18. The zero-order chi connectivity index (χ0) is 10.6. The van der Waals surface area contributed by atoms with E-state index in [4.69, 9.17) is 11.6 Å². The molecule has 1 saturated heterocycles. The normalized spacial score (nSPS) is 22.2. The van der Waals surface area contributed by atoms with Gasteiger partial charge in [0.15, 0.2) is 0 Å². The van der Waals surface area contributed by atoms with E-state index in [2.05, 4.69) is 6.92 Å². The van der Waals surface area contributed by atoms with Gasteiger partial charge in [0.25, 0.3) is 0 Å². The number of carbonyl (C=O) groups excluding carboxylic acids is 1. The van der Waals surface area contributed by atoms with Crippen molar-refractivity contribution >= 4 is 17.6 Å². The van der Waals surface area contributed by atoms with Crippen molar-refractivity contribution in [3.8, 4) is 0 Å². The van der Waals surface area contributed by atoms with Gasteiger partial charge in [-0.3, -0.25) is 0 Å². The standard InChI is InChI=1S/C10H19ClN2O/c1-9-4-3-6-13(8-9)10(14)12(2)7-5-11/h9H,3-8H2,1-2H3. The smallest absolute Gasteiger partial charge is 0.319 e. The zero-order valence-electron chi connectivity index (χ0n) is 9.00. The maximum absolute atomic E-state index is 11.8. The van der Waals surface area contributed by atoms with Crippen LogP contribution in [-0.4, -0.2) is 48.4 Å². The monoisotopic (exact) mass is 218 g/mol. The highest BCUT2D eigenvalue weighted by Gasteiger charge is 2.22. The Morgan fingerprint density at radius 1 is 1.64 bits per heavy atom. The van der Waals surface area contributed by atoms with Crippen LogP contribution in [0.2, 0.25) is 0 Å². The van der Waals surface area contributed by atoms with Crippen LogP contribution in [0.4, 0.5) is 4.79 Å². The Bertz CT molecular complexity index is 199. The van der Waals surface area contributed by atoms with Gasteiger partial charge in [0.1, 0.15) is 0 Å². The molecule has 82 valence electrons. The predicted octanol–water partition coefficient (Wildman–Crippen LogP) is 2.01. The molecule has 0 aromatic rings. The van der Waals surface area contributed by atoms with Gasteiger partial charge in [-0.25, -0.2) is 4.79 Å². The summed E-state index contributed by atoms with van der Waals surface area (Å²) >= 11 is 5.60. The molecule has 2 amide bonds. The van der Waals surface area contributed by atoms with Crippen LogP contribution in [0.1, 0.15) is 19.8 Å². The minimum absolute atomic E-state index is 0.122. The first-order valence-corrected chi connectivity index (χ1v) is 5.74. The van der Waals surface area contributed by atoms with E-state index < -0.39 is 0 Å². The number of hydrogen-bond donors (Lipinski definition) is 0. The summed E-state index contributed by atoms with van der Waals surface area (Å²) in [6.07, 6.45) is 2.37. The average Bonchev–Trinajstić information content (AvgIpc) is 2.17. The van der Waals surface area contributed by atoms with Crippen LogP contribution in [-0.2, 0) is 0 Å². The molecule has 0 radical (unpaired) electrons. The molecular weight excluding hydrogens is 200 g/mol. The quantitative estimate of drug-likeness (QED) is 0.651. The third-order valence-electron chi connectivity index (χ3n) is 2.67. The van der Waals surface area contributed by atoms with Crippen LogP contribution in [0.5, 0.6) is 0 Å². The molecule has 0 N–H and O–H groups in total. The van der Waals surface area contributed by atoms with Gasteiger partial charge in [0, 0.05) is 32.6 Å². The Balaban J connectivity index is 2.42. The van der Waals surface area contributed by atoms with Gasteiger partial charge in [0.2, 0.25) is 0 Å². The summed E-state index contributed by atoms with van der Waals surface area (Å²) in [6.45, 7) is 4.62. The average molecular weight is 219 g/mol. The number of amides is 2. The topological polar surface area (TPSA) is 23.6 Å². The summed E-state index contributed by atoms with van der Waals surface area (Å²) in [6, 6.07) is 0.122. The second kappa shape index (κ2) is 5.44. The van der Waals surface area contributed by atoms with E-state index in [9.17, 15) is 4.79 Å². The lowest BCUT2D eigenvalue weighted by Gasteiger charge is -2.33. The number of likely N-dealkylation sites (tertiary alicyclic amines) is 1. The third-order valence-corrected chi connectivity index (χ3v) is 2.84. The number of carbonyl (C=O) groups is 1. The lowest BCUT2D eigenvalue weighted by Crippen LogP contribution is -2.46. The molecule has 0 aliphatic carbocycles.